The maximum absolute atomic E-state index is 13.3. The van der Waals surface area contributed by atoms with Crippen LogP contribution in [0, 0.1) is 5.92 Å². The van der Waals surface area contributed by atoms with Gasteiger partial charge in [0.2, 0.25) is 5.91 Å². The predicted molar refractivity (Wildman–Crippen MR) is 137 cm³/mol. The molecule has 3 aromatic carbocycles. The highest BCUT2D eigenvalue weighted by molar-refractivity contribution is 7.14. The Morgan fingerprint density at radius 2 is 1.62 bits per heavy atom. The van der Waals surface area contributed by atoms with E-state index >= 15 is 0 Å². The number of carbonyl (C=O) groups is 2. The van der Waals surface area contributed by atoms with Gasteiger partial charge in [-0.05, 0) is 29.2 Å². The molecule has 1 atom stereocenters. The molecule has 0 aliphatic carbocycles. The minimum atomic E-state index is -1.01. The van der Waals surface area contributed by atoms with Gasteiger partial charge in [0.15, 0.2) is 5.13 Å². The second-order valence-corrected chi connectivity index (χ2v) is 9.20. The first kappa shape index (κ1) is 23.7. The van der Waals surface area contributed by atoms with Crippen molar-refractivity contribution in [2.75, 3.05) is 11.9 Å². The van der Waals surface area contributed by atoms with Crippen molar-refractivity contribution >= 4 is 39.9 Å². The van der Waals surface area contributed by atoms with Crippen LogP contribution < -0.4 is 4.90 Å². The number of aromatic nitrogens is 1. The maximum atomic E-state index is 13.3. The van der Waals surface area contributed by atoms with E-state index in [2.05, 4.69) is 4.98 Å². The minimum Gasteiger partial charge on any atom is -0.481 e. The Bertz CT molecular complexity index is 1290. The first-order valence-electron chi connectivity index (χ1n) is 10.8. The average molecular weight is 491 g/mol. The van der Waals surface area contributed by atoms with E-state index in [4.69, 9.17) is 11.6 Å². The summed E-state index contributed by atoms with van der Waals surface area (Å²) in [6.45, 7) is 0. The van der Waals surface area contributed by atoms with E-state index in [0.29, 0.717) is 22.3 Å². The third-order valence-corrected chi connectivity index (χ3v) is 6.82. The van der Waals surface area contributed by atoms with Gasteiger partial charge in [-0.3, -0.25) is 14.5 Å². The van der Waals surface area contributed by atoms with Crippen molar-refractivity contribution in [2.24, 2.45) is 5.92 Å². The summed E-state index contributed by atoms with van der Waals surface area (Å²) < 4.78 is 0. The average Bonchev–Trinajstić information content (AvgIpc) is 3.34. The van der Waals surface area contributed by atoms with Crippen molar-refractivity contribution in [3.05, 3.63) is 94.8 Å². The first-order chi connectivity index (χ1) is 16.4. The number of carboxylic acids is 1. The number of anilines is 1. The molecular weight excluding hydrogens is 468 g/mol. The lowest BCUT2D eigenvalue weighted by molar-refractivity contribution is -0.140. The van der Waals surface area contributed by atoms with E-state index in [1.54, 1.807) is 13.1 Å². The molecule has 0 aliphatic rings. The number of halogens is 1. The molecule has 1 aromatic heterocycles. The van der Waals surface area contributed by atoms with Crippen LogP contribution in [0.4, 0.5) is 5.13 Å². The molecule has 1 heterocycles. The highest BCUT2D eigenvalue weighted by Crippen LogP contribution is 2.32. The molecule has 7 heteroatoms. The molecule has 4 rings (SSSR count). The number of carboxylic acid groups (broad SMARTS) is 1. The summed E-state index contributed by atoms with van der Waals surface area (Å²) in [7, 11) is 1.63. The number of aliphatic carboxylic acids is 1. The van der Waals surface area contributed by atoms with Gasteiger partial charge in [0, 0.05) is 23.0 Å². The predicted octanol–water partition coefficient (Wildman–Crippen LogP) is 6.43. The fourth-order valence-corrected chi connectivity index (χ4v) is 4.81. The van der Waals surface area contributed by atoms with E-state index in [9.17, 15) is 14.7 Å². The number of amides is 1. The van der Waals surface area contributed by atoms with Crippen LogP contribution in [0.5, 0.6) is 0 Å². The van der Waals surface area contributed by atoms with Gasteiger partial charge in [0.05, 0.1) is 18.0 Å². The van der Waals surface area contributed by atoms with Gasteiger partial charge in [-0.2, -0.15) is 0 Å². The standard InChI is InChI=1S/C27H23ClN2O3S/c1-30(27-29-24(17-34-27)22-9-5-6-10-23(22)28)26(33)21(16-25(31)32)15-18-11-13-20(14-12-18)19-7-3-2-4-8-19/h2-14,17,21H,15-16H2,1H3,(H,31,32)/t21-/m1/s1. The Morgan fingerprint density at radius 1 is 0.971 bits per heavy atom. The smallest absolute Gasteiger partial charge is 0.304 e. The summed E-state index contributed by atoms with van der Waals surface area (Å²) in [5.74, 6) is -2.00. The molecule has 0 saturated carbocycles. The second kappa shape index (κ2) is 10.6. The number of thiazole rings is 1. The van der Waals surface area contributed by atoms with Gasteiger partial charge < -0.3 is 5.11 Å². The normalized spacial score (nSPS) is 11.7. The quantitative estimate of drug-likeness (QED) is 0.309. The zero-order valence-electron chi connectivity index (χ0n) is 18.5. The minimum absolute atomic E-state index is 0.258. The highest BCUT2D eigenvalue weighted by atomic mass is 35.5. The fourth-order valence-electron chi connectivity index (χ4n) is 3.79. The van der Waals surface area contributed by atoms with Gasteiger partial charge in [0.1, 0.15) is 0 Å². The van der Waals surface area contributed by atoms with Gasteiger partial charge in [-0.25, -0.2) is 4.98 Å². The summed E-state index contributed by atoms with van der Waals surface area (Å²) >= 11 is 7.60. The number of hydrogen-bond acceptors (Lipinski definition) is 4. The summed E-state index contributed by atoms with van der Waals surface area (Å²) in [6, 6.07) is 25.3. The highest BCUT2D eigenvalue weighted by Gasteiger charge is 2.27. The lowest BCUT2D eigenvalue weighted by Gasteiger charge is -2.21. The molecule has 172 valence electrons. The third kappa shape index (κ3) is 5.53. The molecule has 1 amide bonds. The van der Waals surface area contributed by atoms with Crippen LogP contribution in [0.2, 0.25) is 5.02 Å². The number of nitrogens with zero attached hydrogens (tertiary/aromatic N) is 2. The molecule has 0 saturated heterocycles. The zero-order valence-corrected chi connectivity index (χ0v) is 20.1. The van der Waals surface area contributed by atoms with Gasteiger partial charge in [-0.15, -0.1) is 11.3 Å². The fraction of sp³-hybridized carbons (Fsp3) is 0.148. The van der Waals surface area contributed by atoms with Gasteiger partial charge in [0.25, 0.3) is 0 Å². The monoisotopic (exact) mass is 490 g/mol. The summed E-state index contributed by atoms with van der Waals surface area (Å²) in [5.41, 5.74) is 4.54. The molecule has 34 heavy (non-hydrogen) atoms. The summed E-state index contributed by atoms with van der Waals surface area (Å²) in [5, 5.41) is 12.4. The summed E-state index contributed by atoms with van der Waals surface area (Å²) in [6.07, 6.45) is 0.0691. The number of hydrogen-bond donors (Lipinski definition) is 1. The molecule has 0 spiro atoms. The molecule has 0 unspecified atom stereocenters. The number of carbonyl (C=O) groups excluding carboxylic acids is 1. The van der Waals surface area contributed by atoms with Crippen molar-refractivity contribution in [3.8, 4) is 22.4 Å². The second-order valence-electron chi connectivity index (χ2n) is 7.95. The van der Waals surface area contributed by atoms with Crippen LogP contribution in [0.15, 0.2) is 84.2 Å². The van der Waals surface area contributed by atoms with E-state index in [1.807, 2.05) is 78.2 Å². The lowest BCUT2D eigenvalue weighted by Crippen LogP contribution is -2.35. The Labute approximate surface area is 207 Å². The topological polar surface area (TPSA) is 70.5 Å². The Balaban J connectivity index is 1.51. The number of rotatable bonds is 8. The molecule has 4 aromatic rings. The van der Waals surface area contributed by atoms with Crippen molar-refractivity contribution in [1.29, 1.82) is 0 Å². The van der Waals surface area contributed by atoms with Crippen molar-refractivity contribution < 1.29 is 14.7 Å². The van der Waals surface area contributed by atoms with Crippen LogP contribution >= 0.6 is 22.9 Å². The van der Waals surface area contributed by atoms with Crippen LogP contribution in [-0.4, -0.2) is 29.0 Å². The zero-order chi connectivity index (χ0) is 24.1. The SMILES string of the molecule is CN(C(=O)[C@@H](CC(=O)O)Cc1ccc(-c2ccccc2)cc1)c1nc(-c2ccccc2Cl)cs1. The largest absolute Gasteiger partial charge is 0.481 e. The van der Waals surface area contributed by atoms with Crippen LogP contribution in [0.1, 0.15) is 12.0 Å². The molecular formula is C27H23ClN2O3S. The van der Waals surface area contributed by atoms with E-state index < -0.39 is 11.9 Å². The van der Waals surface area contributed by atoms with Gasteiger partial charge >= 0.3 is 5.97 Å². The van der Waals surface area contributed by atoms with Crippen molar-refractivity contribution in [1.82, 2.24) is 4.98 Å². The van der Waals surface area contributed by atoms with E-state index in [1.165, 1.54) is 16.2 Å². The molecule has 0 fully saturated rings. The van der Waals surface area contributed by atoms with E-state index in [0.717, 1.165) is 22.3 Å². The number of benzene rings is 3. The van der Waals surface area contributed by atoms with Gasteiger partial charge in [-0.1, -0.05) is 84.4 Å². The molecule has 0 bridgehead atoms. The maximum Gasteiger partial charge on any atom is 0.304 e. The third-order valence-electron chi connectivity index (χ3n) is 5.57. The van der Waals surface area contributed by atoms with Crippen LogP contribution in [-0.2, 0) is 16.0 Å². The first-order valence-corrected chi connectivity index (χ1v) is 12.0. The summed E-state index contributed by atoms with van der Waals surface area (Å²) in [4.78, 5) is 30.8. The molecule has 5 nitrogen and oxygen atoms in total. The van der Waals surface area contributed by atoms with Crippen LogP contribution in [0.3, 0.4) is 0 Å². The Hall–Kier alpha value is -3.48. The lowest BCUT2D eigenvalue weighted by atomic mass is 9.93. The van der Waals surface area contributed by atoms with Crippen LogP contribution in [0.25, 0.3) is 22.4 Å². The van der Waals surface area contributed by atoms with Crippen molar-refractivity contribution in [2.45, 2.75) is 12.8 Å². The molecule has 0 radical (unpaired) electrons. The molecule has 1 N–H and O–H groups in total. The Morgan fingerprint density at radius 3 is 2.29 bits per heavy atom. The molecule has 0 aliphatic heterocycles. The Kier molecular flexibility index (Phi) is 7.40. The van der Waals surface area contributed by atoms with Crippen molar-refractivity contribution in [3.63, 3.8) is 0 Å². The van der Waals surface area contributed by atoms with E-state index in [-0.39, 0.29) is 12.3 Å².